The first-order valence-electron chi connectivity index (χ1n) is 3.74. The molecule has 13 heavy (non-hydrogen) atoms. The number of hydrogen-bond acceptors (Lipinski definition) is 2. The number of hydrogen-bond donors (Lipinski definition) is 1. The van der Waals surface area contributed by atoms with Crippen LogP contribution in [0.1, 0.15) is 5.56 Å². The zero-order valence-electron chi connectivity index (χ0n) is 6.80. The third-order valence-corrected chi connectivity index (χ3v) is 1.40. The Balaban J connectivity index is 2.29. The Labute approximate surface area is 73.8 Å². The van der Waals surface area contributed by atoms with Crippen molar-refractivity contribution in [1.82, 2.24) is 10.3 Å². The molecule has 0 fully saturated rings. The van der Waals surface area contributed by atoms with E-state index in [2.05, 4.69) is 10.3 Å². The average Bonchev–Trinajstić information content (AvgIpc) is 2.04. The predicted octanol–water partition coefficient (Wildman–Crippen LogP) is 1.73. The largest absolute Gasteiger partial charge is 0.401 e. The average molecular weight is 190 g/mol. The van der Waals surface area contributed by atoms with Gasteiger partial charge in [-0.05, 0) is 17.7 Å². The molecule has 0 spiro atoms. The van der Waals surface area contributed by atoms with Crippen LogP contribution in [0.4, 0.5) is 13.2 Å². The molecule has 0 aliphatic rings. The maximum absolute atomic E-state index is 11.7. The molecule has 0 amide bonds. The van der Waals surface area contributed by atoms with E-state index in [-0.39, 0.29) is 6.54 Å². The van der Waals surface area contributed by atoms with Crippen LogP contribution in [-0.4, -0.2) is 17.7 Å². The van der Waals surface area contributed by atoms with Gasteiger partial charge in [-0.25, -0.2) is 0 Å². The van der Waals surface area contributed by atoms with Crippen molar-refractivity contribution in [3.05, 3.63) is 30.1 Å². The van der Waals surface area contributed by atoms with Gasteiger partial charge in [0.25, 0.3) is 0 Å². The smallest absolute Gasteiger partial charge is 0.305 e. The van der Waals surface area contributed by atoms with E-state index in [9.17, 15) is 13.2 Å². The van der Waals surface area contributed by atoms with Crippen molar-refractivity contribution in [2.75, 3.05) is 6.54 Å². The van der Waals surface area contributed by atoms with Crippen molar-refractivity contribution in [3.8, 4) is 0 Å². The van der Waals surface area contributed by atoms with Crippen LogP contribution in [0.15, 0.2) is 24.5 Å². The van der Waals surface area contributed by atoms with Crippen molar-refractivity contribution >= 4 is 0 Å². The van der Waals surface area contributed by atoms with Gasteiger partial charge < -0.3 is 5.32 Å². The van der Waals surface area contributed by atoms with E-state index in [4.69, 9.17) is 0 Å². The summed E-state index contributed by atoms with van der Waals surface area (Å²) < 4.78 is 35.1. The highest BCUT2D eigenvalue weighted by molar-refractivity contribution is 5.08. The molecule has 0 unspecified atom stereocenters. The minimum absolute atomic E-state index is 0.210. The molecule has 2 nitrogen and oxygen atoms in total. The summed E-state index contributed by atoms with van der Waals surface area (Å²) in [6.45, 7) is -0.753. The normalized spacial score (nSPS) is 11.6. The molecule has 0 atom stereocenters. The Hall–Kier alpha value is -1.10. The van der Waals surface area contributed by atoms with Crippen molar-refractivity contribution in [3.63, 3.8) is 0 Å². The Morgan fingerprint density at radius 3 is 2.38 bits per heavy atom. The lowest BCUT2D eigenvalue weighted by Crippen LogP contribution is -2.28. The molecule has 0 aromatic carbocycles. The number of aromatic nitrogens is 1. The molecule has 1 N–H and O–H groups in total. The number of rotatable bonds is 3. The summed E-state index contributed by atoms with van der Waals surface area (Å²) in [7, 11) is 0. The Kier molecular flexibility index (Phi) is 3.25. The lowest BCUT2D eigenvalue weighted by atomic mass is 10.3. The lowest BCUT2D eigenvalue weighted by molar-refractivity contribution is -0.125. The van der Waals surface area contributed by atoms with Crippen LogP contribution < -0.4 is 5.32 Å². The van der Waals surface area contributed by atoms with E-state index in [1.54, 1.807) is 24.5 Å². The van der Waals surface area contributed by atoms with E-state index < -0.39 is 12.7 Å². The Morgan fingerprint density at radius 2 is 1.85 bits per heavy atom. The maximum atomic E-state index is 11.7. The summed E-state index contributed by atoms with van der Waals surface area (Å²) in [5.74, 6) is 0. The van der Waals surface area contributed by atoms with Crippen LogP contribution in [0.2, 0.25) is 0 Å². The SMILES string of the molecule is FC(F)(F)CNCc1ccncc1. The van der Waals surface area contributed by atoms with Gasteiger partial charge in [0.1, 0.15) is 0 Å². The number of alkyl halides is 3. The van der Waals surface area contributed by atoms with Gasteiger partial charge in [-0.15, -0.1) is 0 Å². The molecule has 1 heterocycles. The van der Waals surface area contributed by atoms with Gasteiger partial charge >= 0.3 is 6.18 Å². The standard InChI is InChI=1S/C8H9F3N2/c9-8(10,11)6-13-5-7-1-3-12-4-2-7/h1-4,13H,5-6H2. The molecule has 5 heteroatoms. The highest BCUT2D eigenvalue weighted by atomic mass is 19.4. The summed E-state index contributed by atoms with van der Waals surface area (Å²) >= 11 is 0. The summed E-state index contributed by atoms with van der Waals surface area (Å²) in [5.41, 5.74) is 0.791. The highest BCUT2D eigenvalue weighted by Crippen LogP contribution is 2.12. The number of halogens is 3. The third-order valence-electron chi connectivity index (χ3n) is 1.40. The molecule has 0 saturated heterocycles. The summed E-state index contributed by atoms with van der Waals surface area (Å²) in [6.07, 6.45) is -1.05. The summed E-state index contributed by atoms with van der Waals surface area (Å²) in [5, 5.41) is 2.29. The van der Waals surface area contributed by atoms with Crippen molar-refractivity contribution in [2.45, 2.75) is 12.7 Å². The summed E-state index contributed by atoms with van der Waals surface area (Å²) in [4.78, 5) is 3.75. The molecule has 1 rings (SSSR count). The molecule has 72 valence electrons. The molecule has 0 aliphatic carbocycles. The van der Waals surface area contributed by atoms with Gasteiger partial charge in [0.2, 0.25) is 0 Å². The molecule has 1 aromatic heterocycles. The zero-order valence-corrected chi connectivity index (χ0v) is 6.80. The molecule has 0 aliphatic heterocycles. The van der Waals surface area contributed by atoms with Crippen molar-refractivity contribution in [1.29, 1.82) is 0 Å². The van der Waals surface area contributed by atoms with Crippen LogP contribution in [0.3, 0.4) is 0 Å². The van der Waals surface area contributed by atoms with E-state index in [1.165, 1.54) is 0 Å². The third kappa shape index (κ3) is 4.47. The number of pyridine rings is 1. The van der Waals surface area contributed by atoms with Crippen molar-refractivity contribution < 1.29 is 13.2 Å². The van der Waals surface area contributed by atoms with Gasteiger partial charge in [0, 0.05) is 18.9 Å². The van der Waals surface area contributed by atoms with E-state index in [0.717, 1.165) is 5.56 Å². The molecule has 0 radical (unpaired) electrons. The minimum Gasteiger partial charge on any atom is -0.305 e. The number of nitrogens with one attached hydrogen (secondary N) is 1. The zero-order chi connectivity index (χ0) is 9.73. The molecule has 0 bridgehead atoms. The summed E-state index contributed by atoms with van der Waals surface area (Å²) in [6, 6.07) is 3.34. The monoisotopic (exact) mass is 190 g/mol. The van der Waals surface area contributed by atoms with E-state index in [1.807, 2.05) is 0 Å². The van der Waals surface area contributed by atoms with E-state index >= 15 is 0 Å². The molecule has 1 aromatic rings. The fourth-order valence-corrected chi connectivity index (χ4v) is 0.849. The van der Waals surface area contributed by atoms with E-state index in [0.29, 0.717) is 0 Å². The van der Waals surface area contributed by atoms with Crippen LogP contribution >= 0.6 is 0 Å². The predicted molar refractivity (Wildman–Crippen MR) is 42.0 cm³/mol. The van der Waals surface area contributed by atoms with Gasteiger partial charge in [-0.2, -0.15) is 13.2 Å². The van der Waals surface area contributed by atoms with Crippen LogP contribution in [-0.2, 0) is 6.54 Å². The number of nitrogens with zero attached hydrogens (tertiary/aromatic N) is 1. The molecular weight excluding hydrogens is 181 g/mol. The van der Waals surface area contributed by atoms with Gasteiger partial charge in [-0.1, -0.05) is 0 Å². The lowest BCUT2D eigenvalue weighted by Gasteiger charge is -2.07. The van der Waals surface area contributed by atoms with Crippen LogP contribution in [0, 0.1) is 0 Å². The van der Waals surface area contributed by atoms with Crippen LogP contribution in [0.5, 0.6) is 0 Å². The first-order chi connectivity index (χ1) is 6.08. The van der Waals surface area contributed by atoms with Crippen LogP contribution in [0.25, 0.3) is 0 Å². The first-order valence-corrected chi connectivity index (χ1v) is 3.74. The first kappa shape index (κ1) is 9.98. The minimum atomic E-state index is -4.15. The Morgan fingerprint density at radius 1 is 1.23 bits per heavy atom. The quantitative estimate of drug-likeness (QED) is 0.785. The Bertz CT molecular complexity index is 245. The molecular formula is C8H9F3N2. The van der Waals surface area contributed by atoms with Gasteiger partial charge in [0.15, 0.2) is 0 Å². The second-order valence-corrected chi connectivity index (χ2v) is 2.57. The fraction of sp³-hybridized carbons (Fsp3) is 0.375. The topological polar surface area (TPSA) is 24.9 Å². The highest BCUT2D eigenvalue weighted by Gasteiger charge is 2.25. The second kappa shape index (κ2) is 4.23. The van der Waals surface area contributed by atoms with Gasteiger partial charge in [-0.3, -0.25) is 4.98 Å². The van der Waals surface area contributed by atoms with Crippen molar-refractivity contribution in [2.24, 2.45) is 0 Å². The second-order valence-electron chi connectivity index (χ2n) is 2.57. The fourth-order valence-electron chi connectivity index (χ4n) is 0.849. The maximum Gasteiger partial charge on any atom is 0.401 e. The van der Waals surface area contributed by atoms with Gasteiger partial charge in [0.05, 0.1) is 6.54 Å². The molecule has 0 saturated carbocycles.